The zero-order valence-corrected chi connectivity index (χ0v) is 11.4. The summed E-state index contributed by atoms with van der Waals surface area (Å²) in [6.45, 7) is 6.71. The van der Waals surface area contributed by atoms with Gasteiger partial charge in [0.05, 0.1) is 13.1 Å². The predicted octanol–water partition coefficient (Wildman–Crippen LogP) is 1.93. The van der Waals surface area contributed by atoms with Gasteiger partial charge in [-0.2, -0.15) is 4.98 Å². The molecule has 0 saturated heterocycles. The van der Waals surface area contributed by atoms with Crippen molar-refractivity contribution < 1.29 is 4.52 Å². The maximum absolute atomic E-state index is 5.49. The van der Waals surface area contributed by atoms with Crippen LogP contribution in [0.4, 0.5) is 0 Å². The van der Waals surface area contributed by atoms with Crippen molar-refractivity contribution in [3.05, 3.63) is 11.7 Å². The molecule has 5 nitrogen and oxygen atoms in total. The second-order valence-corrected chi connectivity index (χ2v) is 5.57. The molecule has 0 unspecified atom stereocenters. The van der Waals surface area contributed by atoms with Crippen molar-refractivity contribution in [2.24, 2.45) is 11.7 Å². The van der Waals surface area contributed by atoms with Crippen LogP contribution in [0.2, 0.25) is 0 Å². The summed E-state index contributed by atoms with van der Waals surface area (Å²) in [7, 11) is 0. The molecule has 0 amide bonds. The van der Waals surface area contributed by atoms with Gasteiger partial charge in [0.2, 0.25) is 5.89 Å². The predicted molar refractivity (Wildman–Crippen MR) is 69.7 cm³/mol. The van der Waals surface area contributed by atoms with Crippen molar-refractivity contribution in [3.8, 4) is 0 Å². The number of rotatable bonds is 6. The summed E-state index contributed by atoms with van der Waals surface area (Å²) in [6.07, 6.45) is 5.29. The molecule has 1 fully saturated rings. The van der Waals surface area contributed by atoms with Crippen LogP contribution in [0, 0.1) is 5.92 Å². The molecule has 0 bridgehead atoms. The van der Waals surface area contributed by atoms with Crippen LogP contribution in [-0.4, -0.2) is 27.6 Å². The Kier molecular flexibility index (Phi) is 4.72. The molecule has 0 atom stereocenters. The Morgan fingerprint density at radius 1 is 1.39 bits per heavy atom. The van der Waals surface area contributed by atoms with Gasteiger partial charge in [-0.05, 0) is 18.8 Å². The molecule has 1 aromatic rings. The van der Waals surface area contributed by atoms with E-state index in [1.54, 1.807) is 0 Å². The molecule has 2 N–H and O–H groups in total. The van der Waals surface area contributed by atoms with Crippen LogP contribution in [0.25, 0.3) is 0 Å². The molecule has 5 heteroatoms. The highest BCUT2D eigenvalue weighted by atomic mass is 16.5. The fourth-order valence-electron chi connectivity index (χ4n) is 2.70. The zero-order chi connectivity index (χ0) is 13.0. The summed E-state index contributed by atoms with van der Waals surface area (Å²) < 4.78 is 5.07. The minimum absolute atomic E-state index is 0.320. The van der Waals surface area contributed by atoms with Crippen molar-refractivity contribution in [2.75, 3.05) is 6.54 Å². The summed E-state index contributed by atoms with van der Waals surface area (Å²) in [5.41, 5.74) is 5.49. The lowest BCUT2D eigenvalue weighted by molar-refractivity contribution is 0.162. The van der Waals surface area contributed by atoms with E-state index in [2.05, 4.69) is 28.9 Å². The number of aromatic nitrogens is 2. The molecule has 0 aliphatic heterocycles. The molecule has 0 spiro atoms. The van der Waals surface area contributed by atoms with E-state index in [9.17, 15) is 0 Å². The summed E-state index contributed by atoms with van der Waals surface area (Å²) in [4.78, 5) is 6.81. The molecule has 0 aromatic carbocycles. The highest BCUT2D eigenvalue weighted by Crippen LogP contribution is 2.25. The van der Waals surface area contributed by atoms with E-state index >= 15 is 0 Å². The van der Waals surface area contributed by atoms with Gasteiger partial charge in [0.15, 0.2) is 5.82 Å². The lowest BCUT2D eigenvalue weighted by Crippen LogP contribution is -2.36. The maximum atomic E-state index is 5.49. The lowest BCUT2D eigenvalue weighted by atomic mass is 10.1. The van der Waals surface area contributed by atoms with E-state index in [0.29, 0.717) is 24.4 Å². The lowest BCUT2D eigenvalue weighted by Gasteiger charge is -2.29. The Labute approximate surface area is 109 Å². The Balaban J connectivity index is 1.99. The fourth-order valence-corrected chi connectivity index (χ4v) is 2.70. The van der Waals surface area contributed by atoms with E-state index in [1.807, 2.05) is 0 Å². The number of hydrogen-bond acceptors (Lipinski definition) is 5. The van der Waals surface area contributed by atoms with Crippen molar-refractivity contribution in [2.45, 2.75) is 58.7 Å². The van der Waals surface area contributed by atoms with E-state index in [1.165, 1.54) is 25.7 Å². The first kappa shape index (κ1) is 13.5. The molecule has 1 heterocycles. The van der Waals surface area contributed by atoms with Gasteiger partial charge in [-0.15, -0.1) is 0 Å². The van der Waals surface area contributed by atoms with Crippen LogP contribution in [0.3, 0.4) is 0 Å². The second-order valence-electron chi connectivity index (χ2n) is 5.57. The van der Waals surface area contributed by atoms with E-state index < -0.39 is 0 Å². The van der Waals surface area contributed by atoms with Crippen LogP contribution in [-0.2, 0) is 13.1 Å². The largest absolute Gasteiger partial charge is 0.338 e. The summed E-state index contributed by atoms with van der Waals surface area (Å²) in [6, 6.07) is 0.687. The minimum atomic E-state index is 0.320. The van der Waals surface area contributed by atoms with Gasteiger partial charge in [-0.25, -0.2) is 0 Å². The summed E-state index contributed by atoms with van der Waals surface area (Å²) >= 11 is 0. The summed E-state index contributed by atoms with van der Waals surface area (Å²) in [5, 5.41) is 4.00. The summed E-state index contributed by atoms with van der Waals surface area (Å²) in [5.74, 6) is 1.95. The second kappa shape index (κ2) is 6.29. The van der Waals surface area contributed by atoms with Gasteiger partial charge in [0.1, 0.15) is 0 Å². The third kappa shape index (κ3) is 3.53. The topological polar surface area (TPSA) is 68.2 Å². The number of hydrogen-bond donors (Lipinski definition) is 1. The van der Waals surface area contributed by atoms with Crippen molar-refractivity contribution in [1.29, 1.82) is 0 Å². The maximum Gasteiger partial charge on any atom is 0.240 e. The van der Waals surface area contributed by atoms with Crippen LogP contribution in [0.15, 0.2) is 4.52 Å². The molecule has 18 heavy (non-hydrogen) atoms. The fraction of sp³-hybridized carbons (Fsp3) is 0.846. The molecular formula is C13H24N4O. The van der Waals surface area contributed by atoms with Crippen LogP contribution in [0.5, 0.6) is 0 Å². The molecular weight excluding hydrogens is 228 g/mol. The van der Waals surface area contributed by atoms with E-state index in [-0.39, 0.29) is 0 Å². The minimum Gasteiger partial charge on any atom is -0.338 e. The third-order valence-electron chi connectivity index (χ3n) is 3.47. The standard InChI is InChI=1S/C13H24N4O/c1-10(2)8-17(11-5-3-4-6-11)9-12-15-13(7-14)18-16-12/h10-11H,3-9,14H2,1-2H3. The van der Waals surface area contributed by atoms with Gasteiger partial charge < -0.3 is 10.3 Å². The van der Waals surface area contributed by atoms with Crippen molar-refractivity contribution in [3.63, 3.8) is 0 Å². The Bertz CT molecular complexity index is 358. The molecule has 102 valence electrons. The van der Waals surface area contributed by atoms with E-state index in [0.717, 1.165) is 18.9 Å². The Hall–Kier alpha value is -0.940. The SMILES string of the molecule is CC(C)CN(Cc1noc(CN)n1)C1CCCC1. The Morgan fingerprint density at radius 2 is 2.11 bits per heavy atom. The normalized spacial score (nSPS) is 17.2. The quantitative estimate of drug-likeness (QED) is 0.838. The van der Waals surface area contributed by atoms with Crippen LogP contribution < -0.4 is 5.73 Å². The number of nitrogens with two attached hydrogens (primary N) is 1. The average Bonchev–Trinajstić information content (AvgIpc) is 2.98. The Morgan fingerprint density at radius 3 is 2.67 bits per heavy atom. The molecule has 1 aliphatic carbocycles. The highest BCUT2D eigenvalue weighted by Gasteiger charge is 2.24. The molecule has 2 rings (SSSR count). The molecule has 0 radical (unpaired) electrons. The zero-order valence-electron chi connectivity index (χ0n) is 11.4. The average molecular weight is 252 g/mol. The van der Waals surface area contributed by atoms with Gasteiger partial charge in [0, 0.05) is 12.6 Å². The van der Waals surface area contributed by atoms with Crippen LogP contribution >= 0.6 is 0 Å². The first-order valence-corrected chi connectivity index (χ1v) is 6.94. The molecule has 1 aromatic heterocycles. The number of nitrogens with zero attached hydrogens (tertiary/aromatic N) is 3. The van der Waals surface area contributed by atoms with Crippen LogP contribution in [0.1, 0.15) is 51.2 Å². The van der Waals surface area contributed by atoms with Gasteiger partial charge >= 0.3 is 0 Å². The van der Waals surface area contributed by atoms with Crippen molar-refractivity contribution >= 4 is 0 Å². The monoisotopic (exact) mass is 252 g/mol. The van der Waals surface area contributed by atoms with E-state index in [4.69, 9.17) is 10.3 Å². The molecule has 1 saturated carbocycles. The van der Waals surface area contributed by atoms with Gasteiger partial charge in [-0.3, -0.25) is 4.90 Å². The van der Waals surface area contributed by atoms with Crippen molar-refractivity contribution in [1.82, 2.24) is 15.0 Å². The van der Waals surface area contributed by atoms with Gasteiger partial charge in [-0.1, -0.05) is 31.8 Å². The first-order chi connectivity index (χ1) is 8.69. The third-order valence-corrected chi connectivity index (χ3v) is 3.47. The molecule has 1 aliphatic rings. The highest BCUT2D eigenvalue weighted by molar-refractivity contribution is 4.88. The first-order valence-electron chi connectivity index (χ1n) is 6.94. The smallest absolute Gasteiger partial charge is 0.240 e. The van der Waals surface area contributed by atoms with Gasteiger partial charge in [0.25, 0.3) is 0 Å².